The molecule has 0 aromatic carbocycles. The maximum atomic E-state index is 11.7. The third kappa shape index (κ3) is 3.75. The molecule has 2 rings (SSSR count). The molecule has 0 spiro atoms. The van der Waals surface area contributed by atoms with Gasteiger partial charge in [0.25, 0.3) is 0 Å². The zero-order valence-corrected chi connectivity index (χ0v) is 14.6. The number of nitrogens with one attached hydrogen (secondary N) is 2. The first kappa shape index (κ1) is 17.1. The van der Waals surface area contributed by atoms with Crippen molar-refractivity contribution in [2.45, 2.75) is 39.3 Å². The van der Waals surface area contributed by atoms with Crippen molar-refractivity contribution in [3.63, 3.8) is 0 Å². The minimum absolute atomic E-state index is 0.0391. The van der Waals surface area contributed by atoms with Crippen molar-refractivity contribution in [3.8, 4) is 0 Å². The highest BCUT2D eigenvalue weighted by molar-refractivity contribution is 6.14. The lowest BCUT2D eigenvalue weighted by atomic mass is 10.1. The lowest BCUT2D eigenvalue weighted by Gasteiger charge is -2.42. The van der Waals surface area contributed by atoms with Crippen LogP contribution in [0.2, 0.25) is 0 Å². The van der Waals surface area contributed by atoms with E-state index in [1.165, 1.54) is 4.90 Å². The van der Waals surface area contributed by atoms with Crippen LogP contribution in [0.1, 0.15) is 27.7 Å². The summed E-state index contributed by atoms with van der Waals surface area (Å²) < 4.78 is 5.24. The van der Waals surface area contributed by atoms with E-state index in [0.29, 0.717) is 18.9 Å². The molecule has 0 unspecified atom stereocenters. The second-order valence-corrected chi connectivity index (χ2v) is 6.74. The predicted octanol–water partition coefficient (Wildman–Crippen LogP) is 1.11. The van der Waals surface area contributed by atoms with E-state index in [9.17, 15) is 9.59 Å². The molecule has 2 aliphatic heterocycles. The molecule has 0 saturated carbocycles. The molecule has 2 saturated heterocycles. The van der Waals surface area contributed by atoms with E-state index in [2.05, 4.69) is 20.5 Å². The van der Waals surface area contributed by atoms with Gasteiger partial charge in [-0.3, -0.25) is 9.89 Å². The number of rotatable bonds is 2. The van der Waals surface area contributed by atoms with E-state index in [4.69, 9.17) is 4.74 Å². The van der Waals surface area contributed by atoms with E-state index in [1.54, 1.807) is 14.1 Å². The van der Waals surface area contributed by atoms with Crippen LogP contribution < -0.4 is 10.6 Å². The van der Waals surface area contributed by atoms with E-state index < -0.39 is 11.7 Å². The van der Waals surface area contributed by atoms with Crippen molar-refractivity contribution >= 4 is 18.0 Å². The Labute approximate surface area is 136 Å². The van der Waals surface area contributed by atoms with Gasteiger partial charge in [0.1, 0.15) is 11.3 Å². The molecule has 0 aromatic rings. The van der Waals surface area contributed by atoms with Gasteiger partial charge in [0.2, 0.25) is 0 Å². The van der Waals surface area contributed by atoms with Gasteiger partial charge < -0.3 is 20.3 Å². The van der Waals surface area contributed by atoms with Crippen LogP contribution in [0.15, 0.2) is 16.4 Å². The Bertz CT molecular complexity index is 570. The van der Waals surface area contributed by atoms with E-state index >= 15 is 0 Å². The van der Waals surface area contributed by atoms with Crippen LogP contribution in [0, 0.1) is 0 Å². The highest BCUT2D eigenvalue weighted by Crippen LogP contribution is 2.21. The fourth-order valence-corrected chi connectivity index (χ4v) is 2.50. The van der Waals surface area contributed by atoms with Crippen LogP contribution in [-0.4, -0.2) is 66.6 Å². The number of carbonyl (C=O) groups excluding carboxylic acids is 2. The zero-order valence-electron chi connectivity index (χ0n) is 14.6. The van der Waals surface area contributed by atoms with Gasteiger partial charge in [-0.25, -0.2) is 9.59 Å². The summed E-state index contributed by atoms with van der Waals surface area (Å²) in [6.07, 6.45) is -0.405. The quantitative estimate of drug-likeness (QED) is 0.797. The zero-order chi connectivity index (χ0) is 17.4. The summed E-state index contributed by atoms with van der Waals surface area (Å²) in [5.74, 6) is 0.621. The fraction of sp³-hybridized carbons (Fsp3) is 0.667. The molecule has 128 valence electrons. The van der Waals surface area contributed by atoms with Gasteiger partial charge in [-0.1, -0.05) is 0 Å². The number of ether oxygens (including phenoxy) is 1. The first-order chi connectivity index (χ1) is 10.6. The molecule has 23 heavy (non-hydrogen) atoms. The number of carbonyl (C=O) groups is 2. The Morgan fingerprint density at radius 3 is 2.52 bits per heavy atom. The first-order valence-corrected chi connectivity index (χ1v) is 7.59. The van der Waals surface area contributed by atoms with Crippen molar-refractivity contribution in [2.75, 3.05) is 27.2 Å². The summed E-state index contributed by atoms with van der Waals surface area (Å²) in [5, 5.41) is 5.66. The van der Waals surface area contributed by atoms with Gasteiger partial charge in [0.05, 0.1) is 6.04 Å². The molecule has 8 heteroatoms. The van der Waals surface area contributed by atoms with Crippen molar-refractivity contribution < 1.29 is 14.3 Å². The maximum absolute atomic E-state index is 11.7. The van der Waals surface area contributed by atoms with Gasteiger partial charge in [0.15, 0.2) is 5.84 Å². The maximum Gasteiger partial charge on any atom is 0.407 e. The Morgan fingerprint density at radius 2 is 2.00 bits per heavy atom. The molecule has 0 atom stereocenters. The number of hydrogen-bond donors (Lipinski definition) is 2. The number of aliphatic imine (C=N–C) groups is 1. The second-order valence-electron chi connectivity index (χ2n) is 6.74. The van der Waals surface area contributed by atoms with Crippen molar-refractivity contribution in [2.24, 2.45) is 4.99 Å². The SMILES string of the molecule is CN=C1/C(=C(\C)N2CC(NC(=O)OC(C)(C)C)C2)NC(=O)N1C. The highest BCUT2D eigenvalue weighted by Gasteiger charge is 2.35. The minimum atomic E-state index is -0.503. The van der Waals surface area contributed by atoms with Crippen molar-refractivity contribution in [1.29, 1.82) is 0 Å². The first-order valence-electron chi connectivity index (χ1n) is 7.59. The lowest BCUT2D eigenvalue weighted by molar-refractivity contribution is 0.0434. The van der Waals surface area contributed by atoms with Crippen LogP contribution in [0.3, 0.4) is 0 Å². The molecule has 3 amide bonds. The van der Waals surface area contributed by atoms with E-state index in [0.717, 1.165) is 11.4 Å². The minimum Gasteiger partial charge on any atom is -0.444 e. The monoisotopic (exact) mass is 323 g/mol. The lowest BCUT2D eigenvalue weighted by Crippen LogP contribution is -2.59. The van der Waals surface area contributed by atoms with Gasteiger partial charge >= 0.3 is 12.1 Å². The Morgan fingerprint density at radius 1 is 1.39 bits per heavy atom. The summed E-state index contributed by atoms with van der Waals surface area (Å²) in [6, 6.07) is -0.152. The summed E-state index contributed by atoms with van der Waals surface area (Å²) in [7, 11) is 3.34. The van der Waals surface area contributed by atoms with Crippen molar-refractivity contribution in [1.82, 2.24) is 20.4 Å². The third-order valence-electron chi connectivity index (χ3n) is 3.73. The molecule has 0 bridgehead atoms. The van der Waals surface area contributed by atoms with Gasteiger partial charge in [-0.05, 0) is 27.7 Å². The summed E-state index contributed by atoms with van der Waals surface area (Å²) in [5.41, 5.74) is 1.15. The van der Waals surface area contributed by atoms with Crippen LogP contribution >= 0.6 is 0 Å². The summed E-state index contributed by atoms with van der Waals surface area (Å²) >= 11 is 0. The van der Waals surface area contributed by atoms with Gasteiger partial charge in [0, 0.05) is 32.9 Å². The number of likely N-dealkylation sites (N-methyl/N-ethyl adjacent to an activating group) is 1. The smallest absolute Gasteiger partial charge is 0.407 e. The Hall–Kier alpha value is -2.25. The Kier molecular flexibility index (Phi) is 4.53. The summed E-state index contributed by atoms with van der Waals surface area (Å²) in [4.78, 5) is 31.2. The number of allylic oxidation sites excluding steroid dienone is 1. The highest BCUT2D eigenvalue weighted by atomic mass is 16.6. The van der Waals surface area contributed by atoms with Crippen LogP contribution in [0.4, 0.5) is 9.59 Å². The molecule has 0 radical (unpaired) electrons. The standard InChI is InChI=1S/C15H25N5O3/c1-9(11-12(16-5)19(6)13(21)18-11)20-7-10(8-20)17-14(22)23-15(2,3)4/h10H,7-8H2,1-6H3,(H,17,22)(H,18,21)/b11-9-,16-12?. The molecule has 2 aliphatic rings. The number of alkyl carbamates (subject to hydrolysis) is 1. The average Bonchev–Trinajstić information content (AvgIpc) is 2.66. The molecule has 2 fully saturated rings. The number of amidine groups is 1. The van der Waals surface area contributed by atoms with E-state index in [-0.39, 0.29) is 12.1 Å². The molecule has 2 N–H and O–H groups in total. The number of nitrogens with zero attached hydrogens (tertiary/aromatic N) is 3. The second kappa shape index (κ2) is 6.10. The molecular formula is C15H25N5O3. The molecule has 0 aromatic heterocycles. The normalized spacial score (nSPS) is 22.9. The largest absolute Gasteiger partial charge is 0.444 e. The van der Waals surface area contributed by atoms with Gasteiger partial charge in [-0.15, -0.1) is 0 Å². The molecular weight excluding hydrogens is 298 g/mol. The summed E-state index contributed by atoms with van der Waals surface area (Å²) in [6.45, 7) is 8.78. The number of likely N-dealkylation sites (tertiary alicyclic amines) is 1. The Balaban J connectivity index is 1.93. The number of amides is 3. The number of hydrogen-bond acceptors (Lipinski definition) is 5. The fourth-order valence-electron chi connectivity index (χ4n) is 2.50. The average molecular weight is 323 g/mol. The topological polar surface area (TPSA) is 86.3 Å². The van der Waals surface area contributed by atoms with E-state index in [1.807, 2.05) is 27.7 Å². The van der Waals surface area contributed by atoms with Gasteiger partial charge in [-0.2, -0.15) is 0 Å². The molecule has 8 nitrogen and oxygen atoms in total. The third-order valence-corrected chi connectivity index (χ3v) is 3.73. The van der Waals surface area contributed by atoms with Crippen LogP contribution in [0.5, 0.6) is 0 Å². The number of urea groups is 1. The van der Waals surface area contributed by atoms with Crippen molar-refractivity contribution in [3.05, 3.63) is 11.4 Å². The molecule has 2 heterocycles. The van der Waals surface area contributed by atoms with Crippen LogP contribution in [0.25, 0.3) is 0 Å². The van der Waals surface area contributed by atoms with Crippen LogP contribution in [-0.2, 0) is 4.74 Å². The molecule has 0 aliphatic carbocycles. The predicted molar refractivity (Wildman–Crippen MR) is 87.1 cm³/mol.